The predicted molar refractivity (Wildman–Crippen MR) is 154 cm³/mol. The highest BCUT2D eigenvalue weighted by Crippen LogP contribution is 2.30. The van der Waals surface area contributed by atoms with Gasteiger partial charge in [0.1, 0.15) is 22.3 Å². The Kier molecular flexibility index (Phi) is 8.89. The van der Waals surface area contributed by atoms with Crippen molar-refractivity contribution in [3.05, 3.63) is 90.0 Å². The zero-order chi connectivity index (χ0) is 27.2. The van der Waals surface area contributed by atoms with Gasteiger partial charge in [0.2, 0.25) is 0 Å². The molecule has 0 aliphatic heterocycles. The van der Waals surface area contributed by atoms with Gasteiger partial charge in [-0.25, -0.2) is 0 Å². The molecule has 0 saturated carbocycles. The summed E-state index contributed by atoms with van der Waals surface area (Å²) in [5.41, 5.74) is 5.96. The van der Waals surface area contributed by atoms with Crippen LogP contribution < -0.4 is 5.46 Å². The molecule has 4 aromatic carbocycles. The summed E-state index contributed by atoms with van der Waals surface area (Å²) in [4.78, 5) is 0. The number of para-hydroxylation sites is 4. The fraction of sp³-hybridized carbons (Fsp3) is 0.172. The van der Waals surface area contributed by atoms with E-state index in [-0.39, 0.29) is 0 Å². The van der Waals surface area contributed by atoms with Crippen molar-refractivity contribution in [3.63, 3.8) is 0 Å². The largest absolute Gasteiger partial charge is 0.638 e. The Morgan fingerprint density at radius 1 is 0.553 bits per heavy atom. The number of fused-ring (bicyclic) bond motifs is 6. The Hall–Kier alpha value is -3.59. The molecule has 38 heavy (non-hydrogen) atoms. The van der Waals surface area contributed by atoms with Crippen LogP contribution in [0.25, 0.3) is 43.9 Å². The van der Waals surface area contributed by atoms with Gasteiger partial charge < -0.3 is 32.8 Å². The number of hydrogen-bond acceptors (Lipinski definition) is 7. The van der Waals surface area contributed by atoms with Crippen LogP contribution in [0, 0.1) is 13.8 Å². The lowest BCUT2D eigenvalue weighted by molar-refractivity contribution is 0.163. The van der Waals surface area contributed by atoms with Crippen molar-refractivity contribution in [2.75, 3.05) is 21.3 Å². The molecule has 6 rings (SSSR count). The fourth-order valence-electron chi connectivity index (χ4n) is 4.36. The van der Waals surface area contributed by atoms with Crippen LogP contribution in [-0.2, 0) is 14.0 Å². The molecule has 0 radical (unpaired) electrons. The van der Waals surface area contributed by atoms with Crippen molar-refractivity contribution >= 4 is 63.8 Å². The number of hydrogen-bond donors (Lipinski definition) is 2. The Morgan fingerprint density at radius 3 is 1.58 bits per heavy atom. The minimum atomic E-state index is -1.51. The minimum absolute atomic E-state index is 0.401. The molecule has 0 aliphatic rings. The molecule has 9 heteroatoms. The molecule has 0 unspecified atom stereocenters. The highest BCUT2D eigenvalue weighted by Gasteiger charge is 2.19. The van der Waals surface area contributed by atoms with Gasteiger partial charge in [0, 0.05) is 48.3 Å². The van der Waals surface area contributed by atoms with Crippen molar-refractivity contribution in [1.82, 2.24) is 0 Å². The molecule has 2 heterocycles. The van der Waals surface area contributed by atoms with Crippen molar-refractivity contribution in [2.45, 2.75) is 13.8 Å². The van der Waals surface area contributed by atoms with Gasteiger partial charge >= 0.3 is 14.4 Å². The van der Waals surface area contributed by atoms with Gasteiger partial charge in [-0.1, -0.05) is 72.8 Å². The third kappa shape index (κ3) is 5.62. The first kappa shape index (κ1) is 27.4. The van der Waals surface area contributed by atoms with Crippen LogP contribution in [0.2, 0.25) is 0 Å². The molecule has 0 atom stereocenters. The molecular formula is C29H30B2O7. The average Bonchev–Trinajstić information content (AvgIpc) is 3.51. The summed E-state index contributed by atoms with van der Waals surface area (Å²) < 4.78 is 25.4. The van der Waals surface area contributed by atoms with Gasteiger partial charge in [-0.2, -0.15) is 0 Å². The summed E-state index contributed by atoms with van der Waals surface area (Å²) >= 11 is 0. The van der Waals surface area contributed by atoms with Crippen LogP contribution in [0.15, 0.2) is 87.7 Å². The summed E-state index contributed by atoms with van der Waals surface area (Å²) in [5, 5.41) is 22.9. The van der Waals surface area contributed by atoms with Crippen LogP contribution in [0.1, 0.15) is 11.1 Å². The van der Waals surface area contributed by atoms with E-state index in [4.69, 9.17) is 8.83 Å². The highest BCUT2D eigenvalue weighted by molar-refractivity contribution is 6.61. The third-order valence-electron chi connectivity index (χ3n) is 6.21. The molecule has 0 fully saturated rings. The normalized spacial score (nSPS) is 10.8. The lowest BCUT2D eigenvalue weighted by Gasteiger charge is -2.01. The van der Waals surface area contributed by atoms with Crippen molar-refractivity contribution in [3.8, 4) is 0 Å². The van der Waals surface area contributed by atoms with E-state index in [0.717, 1.165) is 33.1 Å². The van der Waals surface area contributed by atoms with E-state index in [1.807, 2.05) is 49.4 Å². The van der Waals surface area contributed by atoms with E-state index >= 15 is 0 Å². The van der Waals surface area contributed by atoms with Gasteiger partial charge in [0.05, 0.1) is 0 Å². The highest BCUT2D eigenvalue weighted by atomic mass is 16.7. The van der Waals surface area contributed by atoms with Crippen LogP contribution in [0.4, 0.5) is 0 Å². The van der Waals surface area contributed by atoms with E-state index in [2.05, 4.69) is 45.2 Å². The molecular weight excluding hydrogens is 482 g/mol. The summed E-state index contributed by atoms with van der Waals surface area (Å²) in [5.74, 6) is 0. The minimum Gasteiger partial charge on any atom is -0.456 e. The number of benzene rings is 4. The molecule has 0 saturated heterocycles. The summed E-state index contributed by atoms with van der Waals surface area (Å²) in [7, 11) is 2.51. The topological polar surface area (TPSA) is 94.4 Å². The Bertz CT molecular complexity index is 1650. The number of furan rings is 2. The standard InChI is InChI=1S/C13H11BO3.C13H10O.C3H9BO3/c1-8-4-2-5-9-10-6-3-7-11(14(15)16)13(10)17-12(8)9;1-9-5-4-7-11-10-6-2-3-8-12(10)14-13(9)11;1-5-4(6-2)7-3/h2-7,15-16H,1H3;2-8H,1H3;1-3H3. The Morgan fingerprint density at radius 2 is 1.03 bits per heavy atom. The van der Waals surface area contributed by atoms with E-state index in [9.17, 15) is 10.0 Å². The van der Waals surface area contributed by atoms with Crippen molar-refractivity contribution in [1.29, 1.82) is 0 Å². The second-order valence-electron chi connectivity index (χ2n) is 8.70. The smallest absolute Gasteiger partial charge is 0.456 e. The van der Waals surface area contributed by atoms with Gasteiger partial charge in [0.15, 0.2) is 0 Å². The number of aryl methyl sites for hydroxylation is 2. The predicted octanol–water partition coefficient (Wildman–Crippen LogP) is 5.38. The van der Waals surface area contributed by atoms with Gasteiger partial charge in [0.25, 0.3) is 0 Å². The van der Waals surface area contributed by atoms with Crippen LogP contribution in [-0.4, -0.2) is 45.8 Å². The lowest BCUT2D eigenvalue weighted by atomic mass is 9.79. The summed E-state index contributed by atoms with van der Waals surface area (Å²) in [6, 6.07) is 25.7. The Balaban J connectivity index is 0.000000145. The molecule has 194 valence electrons. The maximum Gasteiger partial charge on any atom is 0.638 e. The SMILES string of the molecule is COB(OC)OC.Cc1cccc2c1oc1c(B(O)O)cccc12.Cc1cccc2c1oc1ccccc12. The first-order valence-corrected chi connectivity index (χ1v) is 12.1. The van der Waals surface area contributed by atoms with Crippen LogP contribution in [0.3, 0.4) is 0 Å². The third-order valence-corrected chi connectivity index (χ3v) is 6.21. The van der Waals surface area contributed by atoms with Crippen LogP contribution in [0.5, 0.6) is 0 Å². The Labute approximate surface area is 221 Å². The first-order valence-electron chi connectivity index (χ1n) is 12.1. The van der Waals surface area contributed by atoms with Crippen molar-refractivity contribution in [2.24, 2.45) is 0 Å². The zero-order valence-corrected chi connectivity index (χ0v) is 22.1. The molecule has 0 bridgehead atoms. The monoisotopic (exact) mass is 512 g/mol. The lowest BCUT2D eigenvalue weighted by Crippen LogP contribution is -2.29. The van der Waals surface area contributed by atoms with E-state index in [1.54, 1.807) is 12.1 Å². The van der Waals surface area contributed by atoms with E-state index < -0.39 is 14.4 Å². The maximum absolute atomic E-state index is 9.31. The average molecular weight is 512 g/mol. The van der Waals surface area contributed by atoms with Crippen molar-refractivity contribution < 1.29 is 32.8 Å². The molecule has 0 amide bonds. The summed E-state index contributed by atoms with van der Waals surface area (Å²) in [6.07, 6.45) is 0. The second-order valence-corrected chi connectivity index (χ2v) is 8.70. The zero-order valence-electron chi connectivity index (χ0n) is 22.1. The van der Waals surface area contributed by atoms with Crippen LogP contribution >= 0.6 is 0 Å². The molecule has 0 spiro atoms. The molecule has 2 aromatic heterocycles. The molecule has 2 N–H and O–H groups in total. The number of rotatable bonds is 4. The quantitative estimate of drug-likeness (QED) is 0.307. The molecule has 7 nitrogen and oxygen atoms in total. The first-order chi connectivity index (χ1) is 18.4. The van der Waals surface area contributed by atoms with Gasteiger partial charge in [-0.05, 0) is 31.0 Å². The van der Waals surface area contributed by atoms with E-state index in [1.165, 1.54) is 37.7 Å². The second kappa shape index (κ2) is 12.3. The molecule has 0 aliphatic carbocycles. The summed E-state index contributed by atoms with van der Waals surface area (Å²) in [6.45, 7) is 4.05. The van der Waals surface area contributed by atoms with Gasteiger partial charge in [-0.15, -0.1) is 0 Å². The fourth-order valence-corrected chi connectivity index (χ4v) is 4.36. The maximum atomic E-state index is 9.31. The molecule has 6 aromatic rings. The van der Waals surface area contributed by atoms with Gasteiger partial charge in [-0.3, -0.25) is 0 Å². The van der Waals surface area contributed by atoms with E-state index in [0.29, 0.717) is 11.0 Å².